The van der Waals surface area contributed by atoms with E-state index in [-0.39, 0.29) is 18.1 Å². The van der Waals surface area contributed by atoms with E-state index in [9.17, 15) is 13.2 Å². The SMILES string of the molecule is N#CC1(n2cc([CH]C3CCS(=O)(=O)[C@H](C(N)=O)C3)nn2)CC1. The van der Waals surface area contributed by atoms with Crippen LogP contribution in [0.25, 0.3) is 0 Å². The van der Waals surface area contributed by atoms with Gasteiger partial charge in [-0.3, -0.25) is 4.79 Å². The summed E-state index contributed by atoms with van der Waals surface area (Å²) in [4.78, 5) is 11.3. The molecule has 1 radical (unpaired) electrons. The molecule has 0 bridgehead atoms. The summed E-state index contributed by atoms with van der Waals surface area (Å²) in [5.41, 5.74) is 5.21. The first-order chi connectivity index (χ1) is 10.4. The number of primary amides is 1. The molecule has 8 nitrogen and oxygen atoms in total. The molecule has 1 aromatic heterocycles. The van der Waals surface area contributed by atoms with Crippen molar-refractivity contribution in [3.8, 4) is 6.07 Å². The third kappa shape index (κ3) is 2.59. The molecule has 2 N–H and O–H groups in total. The summed E-state index contributed by atoms with van der Waals surface area (Å²) in [6.07, 6.45) is 5.63. The maximum Gasteiger partial charge on any atom is 0.235 e. The van der Waals surface area contributed by atoms with Gasteiger partial charge in [0.15, 0.2) is 15.4 Å². The molecule has 2 fully saturated rings. The van der Waals surface area contributed by atoms with Crippen LogP contribution >= 0.6 is 0 Å². The minimum absolute atomic E-state index is 0.0575. The number of hydrogen-bond donors (Lipinski definition) is 1. The van der Waals surface area contributed by atoms with Crippen molar-refractivity contribution in [3.05, 3.63) is 18.3 Å². The lowest BCUT2D eigenvalue weighted by Crippen LogP contribution is -2.42. The van der Waals surface area contributed by atoms with Gasteiger partial charge in [0.2, 0.25) is 5.91 Å². The van der Waals surface area contributed by atoms with Crippen molar-refractivity contribution in [2.75, 3.05) is 5.75 Å². The molecule has 117 valence electrons. The third-order valence-corrected chi connectivity index (χ3v) is 6.43. The fourth-order valence-electron chi connectivity index (χ4n) is 2.76. The lowest BCUT2D eigenvalue weighted by Gasteiger charge is -2.26. The van der Waals surface area contributed by atoms with Crippen LogP contribution in [0.2, 0.25) is 0 Å². The highest BCUT2D eigenvalue weighted by atomic mass is 32.2. The Hall–Kier alpha value is -1.95. The van der Waals surface area contributed by atoms with E-state index in [1.165, 1.54) is 0 Å². The van der Waals surface area contributed by atoms with E-state index in [1.54, 1.807) is 10.9 Å². The Bertz CT molecular complexity index is 744. The highest BCUT2D eigenvalue weighted by Crippen LogP contribution is 2.42. The van der Waals surface area contributed by atoms with Crippen molar-refractivity contribution >= 4 is 15.7 Å². The van der Waals surface area contributed by atoms with E-state index >= 15 is 0 Å². The van der Waals surface area contributed by atoms with Gasteiger partial charge in [-0.25, -0.2) is 13.1 Å². The number of hydrogen-bond acceptors (Lipinski definition) is 6. The molecule has 2 aliphatic rings. The first kappa shape index (κ1) is 15.0. The van der Waals surface area contributed by atoms with Crippen LogP contribution in [0.1, 0.15) is 31.4 Å². The Morgan fingerprint density at radius 2 is 2.27 bits per heavy atom. The van der Waals surface area contributed by atoms with E-state index < -0.39 is 26.5 Å². The van der Waals surface area contributed by atoms with Gasteiger partial charge in [0.25, 0.3) is 0 Å². The Morgan fingerprint density at radius 3 is 2.86 bits per heavy atom. The van der Waals surface area contributed by atoms with Crippen LogP contribution in [0.4, 0.5) is 0 Å². The lowest BCUT2D eigenvalue weighted by molar-refractivity contribution is -0.117. The predicted octanol–water partition coefficient (Wildman–Crippen LogP) is -0.478. The number of carbonyl (C=O) groups excluding carboxylic acids is 1. The third-order valence-electron chi connectivity index (χ3n) is 4.33. The molecular formula is C13H16N5O3S. The molecule has 0 aromatic carbocycles. The largest absolute Gasteiger partial charge is 0.369 e. The normalized spacial score (nSPS) is 28.7. The van der Waals surface area contributed by atoms with E-state index in [1.807, 2.05) is 6.42 Å². The van der Waals surface area contributed by atoms with Crippen LogP contribution in [0.15, 0.2) is 6.20 Å². The van der Waals surface area contributed by atoms with Crippen LogP contribution in [0.3, 0.4) is 0 Å². The number of nitriles is 1. The van der Waals surface area contributed by atoms with Crippen molar-refractivity contribution in [1.82, 2.24) is 15.0 Å². The molecule has 2 atom stereocenters. The summed E-state index contributed by atoms with van der Waals surface area (Å²) in [7, 11) is -3.44. The standard InChI is InChI=1S/C13H16N5O3S/c14-8-13(2-3-13)18-7-10(16-17-18)5-9-1-4-22(20,21)11(6-9)12(15)19/h5,7,9,11H,1-4,6H2,(H2,15,19)/t9?,11-/m0/s1. The van der Waals surface area contributed by atoms with Crippen molar-refractivity contribution in [2.24, 2.45) is 11.7 Å². The van der Waals surface area contributed by atoms with Crippen molar-refractivity contribution in [2.45, 2.75) is 36.5 Å². The number of nitrogens with zero attached hydrogens (tertiary/aromatic N) is 4. The van der Waals surface area contributed by atoms with E-state index in [0.29, 0.717) is 12.1 Å². The topological polar surface area (TPSA) is 132 Å². The lowest BCUT2D eigenvalue weighted by atomic mass is 9.94. The zero-order valence-electron chi connectivity index (χ0n) is 11.8. The van der Waals surface area contributed by atoms with Crippen LogP contribution in [0, 0.1) is 23.7 Å². The number of carbonyl (C=O) groups is 1. The summed E-state index contributed by atoms with van der Waals surface area (Å²) < 4.78 is 25.2. The molecule has 22 heavy (non-hydrogen) atoms. The zero-order chi connectivity index (χ0) is 16.0. The van der Waals surface area contributed by atoms with E-state index in [4.69, 9.17) is 11.0 Å². The van der Waals surface area contributed by atoms with Gasteiger partial charge in [-0.15, -0.1) is 5.10 Å². The zero-order valence-corrected chi connectivity index (χ0v) is 12.7. The van der Waals surface area contributed by atoms with Gasteiger partial charge < -0.3 is 5.73 Å². The molecular weight excluding hydrogens is 306 g/mol. The monoisotopic (exact) mass is 322 g/mol. The highest BCUT2D eigenvalue weighted by molar-refractivity contribution is 7.92. The molecule has 0 spiro atoms. The first-order valence-corrected chi connectivity index (χ1v) is 8.78. The van der Waals surface area contributed by atoms with Gasteiger partial charge in [0.1, 0.15) is 5.25 Å². The molecule has 1 saturated heterocycles. The average Bonchev–Trinajstić information content (AvgIpc) is 3.13. The number of amides is 1. The van der Waals surface area contributed by atoms with Crippen LogP contribution < -0.4 is 5.73 Å². The summed E-state index contributed by atoms with van der Waals surface area (Å²) in [6.45, 7) is 0. The highest BCUT2D eigenvalue weighted by Gasteiger charge is 2.46. The molecule has 3 rings (SSSR count). The second-order valence-corrected chi connectivity index (χ2v) is 8.24. The maximum absolute atomic E-state index is 11.8. The minimum Gasteiger partial charge on any atom is -0.369 e. The molecule has 1 amide bonds. The molecule has 1 saturated carbocycles. The second kappa shape index (κ2) is 5.05. The summed E-state index contributed by atoms with van der Waals surface area (Å²) in [6, 6.07) is 2.22. The molecule has 9 heteroatoms. The Balaban J connectivity index is 1.70. The minimum atomic E-state index is -3.44. The van der Waals surface area contributed by atoms with Gasteiger partial charge in [0, 0.05) is 6.42 Å². The second-order valence-electron chi connectivity index (χ2n) is 5.94. The summed E-state index contributed by atoms with van der Waals surface area (Å²) >= 11 is 0. The van der Waals surface area contributed by atoms with E-state index in [0.717, 1.165) is 12.8 Å². The predicted molar refractivity (Wildman–Crippen MR) is 75.7 cm³/mol. The number of aromatic nitrogens is 3. The van der Waals surface area contributed by atoms with Crippen molar-refractivity contribution in [3.63, 3.8) is 0 Å². The molecule has 1 unspecified atom stereocenters. The van der Waals surface area contributed by atoms with Crippen molar-refractivity contribution < 1.29 is 13.2 Å². The fraction of sp³-hybridized carbons (Fsp3) is 0.615. The van der Waals surface area contributed by atoms with Gasteiger partial charge in [0.05, 0.1) is 23.7 Å². The fourth-order valence-corrected chi connectivity index (χ4v) is 4.57. The average molecular weight is 322 g/mol. The van der Waals surface area contributed by atoms with Gasteiger partial charge in [-0.1, -0.05) is 5.21 Å². The Morgan fingerprint density at radius 1 is 1.55 bits per heavy atom. The van der Waals surface area contributed by atoms with Crippen LogP contribution in [-0.4, -0.2) is 40.3 Å². The molecule has 1 aliphatic carbocycles. The molecule has 2 heterocycles. The maximum atomic E-state index is 11.8. The molecule has 1 aromatic rings. The van der Waals surface area contributed by atoms with E-state index in [2.05, 4.69) is 16.4 Å². The Labute approximate surface area is 128 Å². The van der Waals surface area contributed by atoms with Crippen LogP contribution in [0.5, 0.6) is 0 Å². The number of rotatable bonds is 4. The summed E-state index contributed by atoms with van der Waals surface area (Å²) in [5.74, 6) is -0.954. The number of sulfone groups is 1. The quantitative estimate of drug-likeness (QED) is 0.796. The van der Waals surface area contributed by atoms with Gasteiger partial charge in [-0.2, -0.15) is 5.26 Å². The molecule has 1 aliphatic heterocycles. The first-order valence-electron chi connectivity index (χ1n) is 7.06. The van der Waals surface area contributed by atoms with Gasteiger partial charge >= 0.3 is 0 Å². The summed E-state index contributed by atoms with van der Waals surface area (Å²) in [5, 5.41) is 16.0. The van der Waals surface area contributed by atoms with Crippen molar-refractivity contribution in [1.29, 1.82) is 5.26 Å². The Kier molecular flexibility index (Phi) is 3.44. The van der Waals surface area contributed by atoms with Crippen LogP contribution in [-0.2, 0) is 20.2 Å². The van der Waals surface area contributed by atoms with Gasteiger partial charge in [-0.05, 0) is 31.6 Å². The number of nitrogens with two attached hydrogens (primary N) is 1. The smallest absolute Gasteiger partial charge is 0.235 e.